The summed E-state index contributed by atoms with van der Waals surface area (Å²) < 4.78 is 13.4. The van der Waals surface area contributed by atoms with E-state index in [1.165, 1.54) is 29.6 Å². The van der Waals surface area contributed by atoms with Gasteiger partial charge < -0.3 is 5.32 Å². The molecule has 0 saturated heterocycles. The van der Waals surface area contributed by atoms with E-state index < -0.39 is 0 Å². The van der Waals surface area contributed by atoms with Crippen molar-refractivity contribution >= 4 is 16.7 Å². The van der Waals surface area contributed by atoms with Gasteiger partial charge in [0.1, 0.15) is 18.0 Å². The highest BCUT2D eigenvalue weighted by molar-refractivity contribution is 5.88. The van der Waals surface area contributed by atoms with Gasteiger partial charge in [0.2, 0.25) is 0 Å². The molecule has 1 atom stereocenters. The highest BCUT2D eigenvalue weighted by atomic mass is 19.1. The van der Waals surface area contributed by atoms with Crippen molar-refractivity contribution in [2.75, 3.05) is 11.9 Å². The third-order valence-corrected chi connectivity index (χ3v) is 4.07. The molecule has 0 aliphatic heterocycles. The van der Waals surface area contributed by atoms with E-state index in [-0.39, 0.29) is 5.82 Å². The van der Waals surface area contributed by atoms with Gasteiger partial charge in [-0.05, 0) is 35.7 Å². The van der Waals surface area contributed by atoms with Crippen LogP contribution in [0.1, 0.15) is 17.0 Å². The molecule has 0 saturated carbocycles. The minimum atomic E-state index is -0.269. The Bertz CT molecular complexity index is 816. The van der Waals surface area contributed by atoms with E-state index in [2.05, 4.69) is 39.6 Å². The van der Waals surface area contributed by atoms with Crippen molar-refractivity contribution in [2.24, 2.45) is 0 Å². The monoisotopic (exact) mass is 279 g/mol. The highest BCUT2D eigenvalue weighted by Crippen LogP contribution is 2.35. The summed E-state index contributed by atoms with van der Waals surface area (Å²) >= 11 is 0. The maximum absolute atomic E-state index is 13.4. The summed E-state index contributed by atoms with van der Waals surface area (Å²) in [4.78, 5) is 8.41. The van der Waals surface area contributed by atoms with E-state index in [1.54, 1.807) is 6.07 Å². The van der Waals surface area contributed by atoms with Crippen molar-refractivity contribution in [2.45, 2.75) is 12.3 Å². The predicted octanol–water partition coefficient (Wildman–Crippen LogP) is 3.52. The van der Waals surface area contributed by atoms with Crippen molar-refractivity contribution in [1.29, 1.82) is 0 Å². The molecule has 4 heteroatoms. The molecule has 0 spiro atoms. The molecule has 1 N–H and O–H groups in total. The number of nitrogens with zero attached hydrogens (tertiary/aromatic N) is 2. The molecule has 3 aromatic rings. The highest BCUT2D eigenvalue weighted by Gasteiger charge is 2.25. The lowest BCUT2D eigenvalue weighted by Crippen LogP contribution is -2.24. The van der Waals surface area contributed by atoms with E-state index in [0.717, 1.165) is 23.9 Å². The number of hydrogen-bond acceptors (Lipinski definition) is 3. The second-order valence-electron chi connectivity index (χ2n) is 5.36. The molecule has 1 aliphatic carbocycles. The molecule has 1 heterocycles. The van der Waals surface area contributed by atoms with Crippen molar-refractivity contribution in [3.8, 4) is 0 Å². The van der Waals surface area contributed by atoms with Gasteiger partial charge in [-0.15, -0.1) is 0 Å². The second kappa shape index (κ2) is 4.81. The third-order valence-electron chi connectivity index (χ3n) is 4.07. The number of halogens is 1. The summed E-state index contributed by atoms with van der Waals surface area (Å²) in [6, 6.07) is 13.1. The predicted molar refractivity (Wildman–Crippen MR) is 80.9 cm³/mol. The van der Waals surface area contributed by atoms with Crippen molar-refractivity contribution in [3.05, 3.63) is 65.7 Å². The van der Waals surface area contributed by atoms with Gasteiger partial charge in [0, 0.05) is 17.8 Å². The zero-order chi connectivity index (χ0) is 14.2. The molecule has 3 nitrogen and oxygen atoms in total. The molecule has 0 fully saturated rings. The zero-order valence-electron chi connectivity index (χ0n) is 11.4. The van der Waals surface area contributed by atoms with Crippen LogP contribution in [-0.2, 0) is 6.42 Å². The standard InChI is InChI=1S/C17H14FN3/c18-13-5-6-16-15(8-13)17(21-10-20-16)19-9-12-7-11-3-1-2-4-14(11)12/h1-6,8,10,12H,7,9H2,(H,19,20,21). The molecule has 1 unspecified atom stereocenters. The summed E-state index contributed by atoms with van der Waals surface area (Å²) in [6.07, 6.45) is 2.60. The minimum Gasteiger partial charge on any atom is -0.369 e. The quantitative estimate of drug-likeness (QED) is 0.797. The van der Waals surface area contributed by atoms with Crippen LogP contribution in [0, 0.1) is 5.82 Å². The molecule has 21 heavy (non-hydrogen) atoms. The SMILES string of the molecule is Fc1ccc2ncnc(NCC3Cc4ccccc43)c2c1. The van der Waals surface area contributed by atoms with Crippen LogP contribution < -0.4 is 5.32 Å². The Hall–Kier alpha value is -2.49. The molecular weight excluding hydrogens is 265 g/mol. The number of hydrogen-bond donors (Lipinski definition) is 1. The average Bonchev–Trinajstić information content (AvgIpc) is 2.48. The van der Waals surface area contributed by atoms with E-state index >= 15 is 0 Å². The van der Waals surface area contributed by atoms with Crippen LogP contribution in [0.2, 0.25) is 0 Å². The van der Waals surface area contributed by atoms with Gasteiger partial charge in [0.25, 0.3) is 0 Å². The average molecular weight is 279 g/mol. The van der Waals surface area contributed by atoms with Gasteiger partial charge >= 0.3 is 0 Å². The Labute approximate surface area is 121 Å². The molecule has 0 radical (unpaired) electrons. The number of fused-ring (bicyclic) bond motifs is 2. The first-order valence-electron chi connectivity index (χ1n) is 7.03. The van der Waals surface area contributed by atoms with Crippen LogP contribution in [0.4, 0.5) is 10.2 Å². The summed E-state index contributed by atoms with van der Waals surface area (Å²) in [5.41, 5.74) is 3.57. The summed E-state index contributed by atoms with van der Waals surface area (Å²) in [5.74, 6) is 0.929. The summed E-state index contributed by atoms with van der Waals surface area (Å²) in [7, 11) is 0. The van der Waals surface area contributed by atoms with E-state index in [4.69, 9.17) is 0 Å². The zero-order valence-corrected chi connectivity index (χ0v) is 11.4. The lowest BCUT2D eigenvalue weighted by Gasteiger charge is -2.30. The number of rotatable bonds is 3. The number of anilines is 1. The maximum Gasteiger partial charge on any atom is 0.137 e. The first-order valence-corrected chi connectivity index (χ1v) is 7.03. The number of benzene rings is 2. The Morgan fingerprint density at radius 3 is 2.95 bits per heavy atom. The fourth-order valence-electron chi connectivity index (χ4n) is 2.93. The Morgan fingerprint density at radius 2 is 2.05 bits per heavy atom. The number of nitrogens with one attached hydrogen (secondary N) is 1. The van der Waals surface area contributed by atoms with Gasteiger partial charge in [-0.2, -0.15) is 0 Å². The van der Waals surface area contributed by atoms with Crippen LogP contribution in [-0.4, -0.2) is 16.5 Å². The lowest BCUT2D eigenvalue weighted by atomic mass is 9.77. The lowest BCUT2D eigenvalue weighted by molar-refractivity contribution is 0.629. The van der Waals surface area contributed by atoms with Crippen LogP contribution >= 0.6 is 0 Å². The molecule has 4 rings (SSSR count). The van der Waals surface area contributed by atoms with Crippen molar-refractivity contribution in [3.63, 3.8) is 0 Å². The Balaban J connectivity index is 1.57. The first kappa shape index (κ1) is 12.3. The van der Waals surface area contributed by atoms with Crippen LogP contribution in [0.5, 0.6) is 0 Å². The Morgan fingerprint density at radius 1 is 1.14 bits per heavy atom. The van der Waals surface area contributed by atoms with Crippen LogP contribution in [0.15, 0.2) is 48.8 Å². The third kappa shape index (κ3) is 2.13. The molecule has 1 aliphatic rings. The van der Waals surface area contributed by atoms with Crippen LogP contribution in [0.25, 0.3) is 10.9 Å². The van der Waals surface area contributed by atoms with Gasteiger partial charge in [-0.25, -0.2) is 14.4 Å². The maximum atomic E-state index is 13.4. The van der Waals surface area contributed by atoms with Gasteiger partial charge in [0.15, 0.2) is 0 Å². The molecule has 0 amide bonds. The fraction of sp³-hybridized carbons (Fsp3) is 0.176. The van der Waals surface area contributed by atoms with E-state index in [1.807, 2.05) is 0 Å². The fourth-order valence-corrected chi connectivity index (χ4v) is 2.93. The molecule has 104 valence electrons. The van der Waals surface area contributed by atoms with Crippen molar-refractivity contribution in [1.82, 2.24) is 9.97 Å². The topological polar surface area (TPSA) is 37.8 Å². The van der Waals surface area contributed by atoms with Gasteiger partial charge in [0.05, 0.1) is 5.52 Å². The summed E-state index contributed by atoms with van der Waals surface area (Å²) in [6.45, 7) is 0.805. The van der Waals surface area contributed by atoms with Gasteiger partial charge in [-0.3, -0.25) is 0 Å². The minimum absolute atomic E-state index is 0.269. The first-order chi connectivity index (χ1) is 10.3. The molecular formula is C17H14FN3. The van der Waals surface area contributed by atoms with Crippen LogP contribution in [0.3, 0.4) is 0 Å². The van der Waals surface area contributed by atoms with E-state index in [9.17, 15) is 4.39 Å². The normalized spacial score (nSPS) is 16.3. The largest absolute Gasteiger partial charge is 0.369 e. The number of aromatic nitrogens is 2. The van der Waals surface area contributed by atoms with E-state index in [0.29, 0.717) is 11.7 Å². The Kier molecular flexibility index (Phi) is 2.81. The van der Waals surface area contributed by atoms with Gasteiger partial charge in [-0.1, -0.05) is 24.3 Å². The molecule has 1 aromatic heterocycles. The molecule has 0 bridgehead atoms. The summed E-state index contributed by atoms with van der Waals surface area (Å²) in [5, 5.41) is 4.07. The second-order valence-corrected chi connectivity index (χ2v) is 5.36. The molecule has 2 aromatic carbocycles. The smallest absolute Gasteiger partial charge is 0.137 e. The van der Waals surface area contributed by atoms with Crippen molar-refractivity contribution < 1.29 is 4.39 Å².